The van der Waals surface area contributed by atoms with Crippen LogP contribution >= 0.6 is 11.6 Å². The van der Waals surface area contributed by atoms with Gasteiger partial charge in [0.25, 0.3) is 0 Å². The average Bonchev–Trinajstić information content (AvgIpc) is 2.88. The second-order valence-electron chi connectivity index (χ2n) is 8.22. The first-order chi connectivity index (χ1) is 16.3. The SMILES string of the molecule is Cl[C@H]1O[C@@H]2CO[C@H](c3ccccc3)O[C@@H]2[C@H](OCc2ccccc2)[C@H]1OCc1ccccc1. The molecule has 0 N–H and O–H groups in total. The van der Waals surface area contributed by atoms with Gasteiger partial charge < -0.3 is 23.7 Å². The molecule has 5 nitrogen and oxygen atoms in total. The summed E-state index contributed by atoms with van der Waals surface area (Å²) in [7, 11) is 0. The molecule has 2 aliphatic rings. The number of benzene rings is 3. The molecule has 0 spiro atoms. The van der Waals surface area contributed by atoms with Gasteiger partial charge in [-0.3, -0.25) is 0 Å². The standard InChI is InChI=1S/C27H27ClO5/c28-26-25(30-17-20-12-6-2-7-13-20)24(29-16-19-10-4-1-5-11-19)23-22(32-26)18-31-27(33-23)21-14-8-3-9-15-21/h1-15,22-27H,16-18H2/t22-,23+,24+,25-,26+,27+/m1/s1. The highest BCUT2D eigenvalue weighted by Gasteiger charge is 2.50. The molecule has 0 bridgehead atoms. The Balaban J connectivity index is 1.36. The molecular formula is C27H27ClO5. The zero-order valence-corrected chi connectivity index (χ0v) is 18.9. The van der Waals surface area contributed by atoms with Gasteiger partial charge in [0.2, 0.25) is 0 Å². The Morgan fingerprint density at radius 3 is 1.85 bits per heavy atom. The molecule has 2 fully saturated rings. The van der Waals surface area contributed by atoms with Crippen molar-refractivity contribution in [3.63, 3.8) is 0 Å². The summed E-state index contributed by atoms with van der Waals surface area (Å²) in [5, 5.41) is 0. The Morgan fingerprint density at radius 1 is 0.697 bits per heavy atom. The van der Waals surface area contributed by atoms with Gasteiger partial charge in [-0.15, -0.1) is 0 Å². The lowest BCUT2D eigenvalue weighted by Gasteiger charge is -2.47. The van der Waals surface area contributed by atoms with Gasteiger partial charge in [0.1, 0.15) is 24.4 Å². The van der Waals surface area contributed by atoms with E-state index in [0.717, 1.165) is 16.7 Å². The topological polar surface area (TPSA) is 46.2 Å². The van der Waals surface area contributed by atoms with Crippen LogP contribution in [-0.4, -0.2) is 36.6 Å². The van der Waals surface area contributed by atoms with E-state index >= 15 is 0 Å². The van der Waals surface area contributed by atoms with E-state index in [4.69, 9.17) is 35.3 Å². The maximum absolute atomic E-state index is 6.66. The van der Waals surface area contributed by atoms with Gasteiger partial charge in [0.05, 0.1) is 19.8 Å². The Bertz CT molecular complexity index is 987. The van der Waals surface area contributed by atoms with E-state index in [1.54, 1.807) is 0 Å². The first kappa shape index (κ1) is 22.5. The fraction of sp³-hybridized carbons (Fsp3) is 0.333. The number of ether oxygens (including phenoxy) is 5. The van der Waals surface area contributed by atoms with Crippen LogP contribution in [0.4, 0.5) is 0 Å². The molecular weight excluding hydrogens is 440 g/mol. The molecule has 6 atom stereocenters. The largest absolute Gasteiger partial charge is 0.368 e. The number of rotatable bonds is 7. The lowest BCUT2D eigenvalue weighted by atomic mass is 9.98. The summed E-state index contributed by atoms with van der Waals surface area (Å²) in [6.07, 6.45) is -2.16. The fourth-order valence-electron chi connectivity index (χ4n) is 4.21. The van der Waals surface area contributed by atoms with Crippen molar-refractivity contribution >= 4 is 11.6 Å². The maximum atomic E-state index is 6.66. The predicted molar refractivity (Wildman–Crippen MR) is 125 cm³/mol. The van der Waals surface area contributed by atoms with Gasteiger partial charge in [0, 0.05) is 5.56 Å². The van der Waals surface area contributed by atoms with Gasteiger partial charge in [-0.1, -0.05) is 103 Å². The van der Waals surface area contributed by atoms with Crippen LogP contribution in [0, 0.1) is 0 Å². The summed E-state index contributed by atoms with van der Waals surface area (Å²) in [6.45, 7) is 1.19. The lowest BCUT2D eigenvalue weighted by Crippen LogP contribution is -2.61. The molecule has 5 rings (SSSR count). The molecule has 6 heteroatoms. The minimum absolute atomic E-state index is 0.343. The molecule has 2 heterocycles. The fourth-order valence-corrected chi connectivity index (χ4v) is 4.56. The van der Waals surface area contributed by atoms with E-state index in [0.29, 0.717) is 19.8 Å². The molecule has 33 heavy (non-hydrogen) atoms. The third kappa shape index (κ3) is 5.46. The summed E-state index contributed by atoms with van der Waals surface area (Å²) in [5.74, 6) is 0. The predicted octanol–water partition coefficient (Wildman–Crippen LogP) is 5.24. The lowest BCUT2D eigenvalue weighted by molar-refractivity contribution is -0.330. The third-order valence-electron chi connectivity index (χ3n) is 5.91. The van der Waals surface area contributed by atoms with Crippen molar-refractivity contribution < 1.29 is 23.7 Å². The smallest absolute Gasteiger partial charge is 0.184 e. The van der Waals surface area contributed by atoms with E-state index < -0.39 is 24.1 Å². The number of fused-ring (bicyclic) bond motifs is 1. The van der Waals surface area contributed by atoms with Crippen molar-refractivity contribution in [2.24, 2.45) is 0 Å². The third-order valence-corrected chi connectivity index (χ3v) is 6.26. The van der Waals surface area contributed by atoms with Crippen molar-refractivity contribution in [2.45, 2.75) is 49.5 Å². The van der Waals surface area contributed by atoms with Crippen LogP contribution in [0.5, 0.6) is 0 Å². The molecule has 0 aliphatic carbocycles. The van der Waals surface area contributed by atoms with E-state index in [9.17, 15) is 0 Å². The first-order valence-corrected chi connectivity index (χ1v) is 11.6. The highest BCUT2D eigenvalue weighted by molar-refractivity contribution is 6.20. The second-order valence-corrected chi connectivity index (χ2v) is 8.65. The minimum Gasteiger partial charge on any atom is -0.368 e. The first-order valence-electron chi connectivity index (χ1n) is 11.2. The average molecular weight is 467 g/mol. The maximum Gasteiger partial charge on any atom is 0.184 e. The second kappa shape index (κ2) is 10.8. The van der Waals surface area contributed by atoms with Crippen molar-refractivity contribution in [2.75, 3.05) is 6.61 Å². The number of alkyl halides is 1. The van der Waals surface area contributed by atoms with Crippen LogP contribution in [0.15, 0.2) is 91.0 Å². The molecule has 0 saturated carbocycles. The molecule has 3 aromatic rings. The molecule has 0 aromatic heterocycles. The van der Waals surface area contributed by atoms with Crippen LogP contribution in [0.1, 0.15) is 23.0 Å². The Hall–Kier alpha value is -2.25. The number of hydrogen-bond acceptors (Lipinski definition) is 5. The Morgan fingerprint density at radius 2 is 1.24 bits per heavy atom. The zero-order chi connectivity index (χ0) is 22.5. The molecule has 2 aliphatic heterocycles. The van der Waals surface area contributed by atoms with Crippen molar-refractivity contribution in [3.05, 3.63) is 108 Å². The van der Waals surface area contributed by atoms with Crippen LogP contribution in [0.25, 0.3) is 0 Å². The molecule has 0 amide bonds. The highest BCUT2D eigenvalue weighted by Crippen LogP contribution is 2.37. The highest BCUT2D eigenvalue weighted by atomic mass is 35.5. The van der Waals surface area contributed by atoms with Crippen LogP contribution in [-0.2, 0) is 36.9 Å². The van der Waals surface area contributed by atoms with E-state index in [1.165, 1.54) is 0 Å². The zero-order valence-electron chi connectivity index (χ0n) is 18.2. The number of halogens is 1. The van der Waals surface area contributed by atoms with Crippen LogP contribution in [0.2, 0.25) is 0 Å². The van der Waals surface area contributed by atoms with Crippen molar-refractivity contribution in [1.82, 2.24) is 0 Å². The van der Waals surface area contributed by atoms with Crippen LogP contribution < -0.4 is 0 Å². The molecule has 2 saturated heterocycles. The minimum atomic E-state index is -0.684. The Labute approximate surface area is 199 Å². The van der Waals surface area contributed by atoms with Crippen molar-refractivity contribution in [1.29, 1.82) is 0 Å². The summed E-state index contributed by atoms with van der Waals surface area (Å²) in [6, 6.07) is 29.9. The van der Waals surface area contributed by atoms with Gasteiger partial charge in [-0.05, 0) is 11.1 Å². The molecule has 172 valence electrons. The Kier molecular flexibility index (Phi) is 7.37. The van der Waals surface area contributed by atoms with E-state index in [-0.39, 0.29) is 12.2 Å². The van der Waals surface area contributed by atoms with Gasteiger partial charge in [-0.25, -0.2) is 0 Å². The number of hydrogen-bond donors (Lipinski definition) is 0. The van der Waals surface area contributed by atoms with Gasteiger partial charge >= 0.3 is 0 Å². The van der Waals surface area contributed by atoms with Gasteiger partial charge in [0.15, 0.2) is 11.9 Å². The summed E-state index contributed by atoms with van der Waals surface area (Å²) < 4.78 is 31.1. The quantitative estimate of drug-likeness (QED) is 0.446. The molecule has 3 aromatic carbocycles. The summed E-state index contributed by atoms with van der Waals surface area (Å²) in [5.41, 5.74) is 2.39. The summed E-state index contributed by atoms with van der Waals surface area (Å²) >= 11 is 6.66. The van der Waals surface area contributed by atoms with E-state index in [1.807, 2.05) is 91.0 Å². The van der Waals surface area contributed by atoms with Crippen LogP contribution in [0.3, 0.4) is 0 Å². The molecule has 0 radical (unpaired) electrons. The van der Waals surface area contributed by atoms with Crippen molar-refractivity contribution in [3.8, 4) is 0 Å². The van der Waals surface area contributed by atoms with E-state index in [2.05, 4.69) is 0 Å². The normalized spacial score (nSPS) is 29.4. The monoisotopic (exact) mass is 466 g/mol. The van der Waals surface area contributed by atoms with Gasteiger partial charge in [-0.2, -0.15) is 0 Å². The summed E-state index contributed by atoms with van der Waals surface area (Å²) in [4.78, 5) is 0. The molecule has 0 unspecified atom stereocenters.